The van der Waals surface area contributed by atoms with E-state index in [1.807, 2.05) is 0 Å². The van der Waals surface area contributed by atoms with Gasteiger partial charge in [-0.1, -0.05) is 0 Å². The predicted molar refractivity (Wildman–Crippen MR) is 41.6 cm³/mol. The lowest BCUT2D eigenvalue weighted by Gasteiger charge is -2.17. The summed E-state index contributed by atoms with van der Waals surface area (Å²) in [4.78, 5) is 0. The fourth-order valence-electron chi connectivity index (χ4n) is 0.948. The molecule has 15 heteroatoms. The van der Waals surface area contributed by atoms with Gasteiger partial charge < -0.3 is 4.74 Å². The summed E-state index contributed by atoms with van der Waals surface area (Å²) in [6.45, 7) is 0. The van der Waals surface area contributed by atoms with Gasteiger partial charge >= 0.3 is 24.7 Å². The molecule has 0 spiro atoms. The Morgan fingerprint density at radius 1 is 0.435 bits per heavy atom. The van der Waals surface area contributed by atoms with Crippen LogP contribution in [0.15, 0.2) is 23.2 Å². The summed E-state index contributed by atoms with van der Waals surface area (Å²) < 4.78 is 170. The van der Waals surface area contributed by atoms with E-state index in [9.17, 15) is 61.5 Å². The van der Waals surface area contributed by atoms with Gasteiger partial charge in [0.1, 0.15) is 0 Å². The summed E-state index contributed by atoms with van der Waals surface area (Å²) in [6, 6.07) is -8.15. The van der Waals surface area contributed by atoms with Crippen molar-refractivity contribution in [1.29, 1.82) is 0 Å². The largest absolute Gasteiger partial charge is 0.427 e. The van der Waals surface area contributed by atoms with Crippen molar-refractivity contribution in [3.8, 4) is 0 Å². The number of hydrogen-bond donors (Lipinski definition) is 0. The average molecular weight is 378 g/mol. The molecule has 0 saturated carbocycles. The van der Waals surface area contributed by atoms with E-state index < -0.39 is 47.9 Å². The van der Waals surface area contributed by atoms with Crippen molar-refractivity contribution in [2.24, 2.45) is 0 Å². The topological polar surface area (TPSA) is 9.23 Å². The maximum atomic E-state index is 12.7. The van der Waals surface area contributed by atoms with Crippen molar-refractivity contribution in [1.82, 2.24) is 0 Å². The second-order valence-corrected chi connectivity index (χ2v) is 3.39. The lowest BCUT2D eigenvalue weighted by atomic mass is 10.2. The molecule has 0 aromatic heterocycles. The van der Waals surface area contributed by atoms with Gasteiger partial charge in [-0.15, -0.1) is 0 Å². The molecule has 0 aromatic carbocycles. The van der Waals surface area contributed by atoms with Gasteiger partial charge in [-0.3, -0.25) is 0 Å². The first kappa shape index (κ1) is 21.3. The molecular weight excluding hydrogens is 378 g/mol. The Kier molecular flexibility index (Phi) is 5.62. The zero-order valence-corrected chi connectivity index (χ0v) is 9.70. The van der Waals surface area contributed by atoms with Crippen LogP contribution in [0.25, 0.3) is 0 Å². The van der Waals surface area contributed by atoms with Gasteiger partial charge in [-0.05, 0) is 0 Å². The molecule has 0 rings (SSSR count). The minimum atomic E-state index is -6.64. The molecule has 0 N–H and O–H groups in total. The van der Waals surface area contributed by atoms with Crippen LogP contribution in [-0.4, -0.2) is 24.7 Å². The molecule has 0 unspecified atom stereocenters. The van der Waals surface area contributed by atoms with E-state index in [2.05, 4.69) is 4.74 Å². The van der Waals surface area contributed by atoms with E-state index in [4.69, 9.17) is 0 Å². The predicted octanol–water partition coefficient (Wildman–Crippen LogP) is 5.61. The smallest absolute Gasteiger partial charge is 0.403 e. The van der Waals surface area contributed by atoms with Gasteiger partial charge in [0.2, 0.25) is 11.1 Å². The van der Waals surface area contributed by atoms with E-state index in [1.165, 1.54) is 0 Å². The van der Waals surface area contributed by atoms with Crippen LogP contribution in [0.2, 0.25) is 0 Å². The molecule has 0 amide bonds. The fourth-order valence-corrected chi connectivity index (χ4v) is 0.948. The summed E-state index contributed by atoms with van der Waals surface area (Å²) in [5, 5.41) is 0. The van der Waals surface area contributed by atoms with Crippen LogP contribution in [0.1, 0.15) is 0 Å². The number of ether oxygens (including phenoxy) is 1. The van der Waals surface area contributed by atoms with E-state index in [0.717, 1.165) is 0 Å². The summed E-state index contributed by atoms with van der Waals surface area (Å²) in [5.41, 5.74) is -8.52. The Bertz CT molecular complexity index is 417. The van der Waals surface area contributed by atoms with Gasteiger partial charge in [0, 0.05) is 0 Å². The minimum absolute atomic E-state index is 2.23. The number of allylic oxidation sites excluding steroid dienone is 2. The summed E-state index contributed by atoms with van der Waals surface area (Å²) in [5.74, 6) is 0. The molecule has 0 bridgehead atoms. The highest BCUT2D eigenvalue weighted by Crippen LogP contribution is 2.44. The van der Waals surface area contributed by atoms with Gasteiger partial charge in [0.25, 0.3) is 12.0 Å². The third-order valence-corrected chi connectivity index (χ3v) is 1.71. The third kappa shape index (κ3) is 5.78. The SMILES string of the molecule is FC(OC(F)=C(C(F)(F)F)C(F)(F)F)=C(C(F)(F)F)C(F)(F)F. The molecule has 0 atom stereocenters. The molecule has 0 aliphatic carbocycles. The fraction of sp³-hybridized carbons (Fsp3) is 0.500. The minimum Gasteiger partial charge on any atom is -0.403 e. The summed E-state index contributed by atoms with van der Waals surface area (Å²) in [7, 11) is 0. The highest BCUT2D eigenvalue weighted by Gasteiger charge is 2.57. The monoisotopic (exact) mass is 378 g/mol. The second kappa shape index (κ2) is 6.07. The van der Waals surface area contributed by atoms with Crippen LogP contribution in [0.4, 0.5) is 61.5 Å². The molecule has 0 saturated heterocycles. The molecule has 0 radical (unpaired) electrons. The lowest BCUT2D eigenvalue weighted by molar-refractivity contribution is -0.182. The molecule has 136 valence electrons. The molecule has 0 aliphatic rings. The van der Waals surface area contributed by atoms with Crippen LogP contribution in [-0.2, 0) is 4.74 Å². The van der Waals surface area contributed by atoms with Crippen molar-refractivity contribution >= 4 is 0 Å². The Balaban J connectivity index is 6.21. The van der Waals surface area contributed by atoms with Crippen LogP contribution in [0, 0.1) is 0 Å². The first-order chi connectivity index (χ1) is 9.79. The third-order valence-electron chi connectivity index (χ3n) is 1.71. The molecule has 23 heavy (non-hydrogen) atoms. The van der Waals surface area contributed by atoms with Gasteiger partial charge in [0.15, 0.2) is 0 Å². The number of rotatable bonds is 2. The maximum Gasteiger partial charge on any atom is 0.427 e. The standard InChI is InChI=1S/C8F14O/c9-3(1(5(11,12)13)6(14,15)16)23-4(10)2(7(17,18)19)8(20,21)22. The Morgan fingerprint density at radius 3 is 0.739 bits per heavy atom. The summed E-state index contributed by atoms with van der Waals surface area (Å²) >= 11 is 0. The molecule has 0 heterocycles. The van der Waals surface area contributed by atoms with E-state index in [-0.39, 0.29) is 0 Å². The Labute approximate surface area is 115 Å². The Hall–Kier alpha value is -1.70. The average Bonchev–Trinajstić information content (AvgIpc) is 2.04. The lowest BCUT2D eigenvalue weighted by Crippen LogP contribution is -2.29. The highest BCUT2D eigenvalue weighted by atomic mass is 19.4. The highest BCUT2D eigenvalue weighted by molar-refractivity contribution is 5.21. The van der Waals surface area contributed by atoms with Crippen LogP contribution >= 0.6 is 0 Å². The normalized spacial score (nSPS) is 13.7. The van der Waals surface area contributed by atoms with Crippen LogP contribution in [0.5, 0.6) is 0 Å². The zero-order chi connectivity index (χ0) is 19.0. The zero-order valence-electron chi connectivity index (χ0n) is 9.70. The number of halogens is 14. The molecule has 0 aliphatic heterocycles. The maximum absolute atomic E-state index is 12.7. The van der Waals surface area contributed by atoms with Gasteiger partial charge in [-0.25, -0.2) is 0 Å². The van der Waals surface area contributed by atoms with Crippen LogP contribution < -0.4 is 0 Å². The van der Waals surface area contributed by atoms with E-state index in [0.29, 0.717) is 0 Å². The van der Waals surface area contributed by atoms with Crippen LogP contribution in [0.3, 0.4) is 0 Å². The molecule has 0 fully saturated rings. The van der Waals surface area contributed by atoms with Crippen molar-refractivity contribution in [3.05, 3.63) is 23.2 Å². The van der Waals surface area contributed by atoms with E-state index in [1.54, 1.807) is 0 Å². The van der Waals surface area contributed by atoms with Crippen molar-refractivity contribution < 1.29 is 66.2 Å². The second-order valence-electron chi connectivity index (χ2n) is 3.39. The number of alkyl halides is 12. The molecular formula is C8F14O. The van der Waals surface area contributed by atoms with Gasteiger partial charge in [-0.2, -0.15) is 61.5 Å². The van der Waals surface area contributed by atoms with Crippen molar-refractivity contribution in [2.45, 2.75) is 24.7 Å². The Morgan fingerprint density at radius 2 is 0.609 bits per heavy atom. The van der Waals surface area contributed by atoms with Crippen molar-refractivity contribution in [3.63, 3.8) is 0 Å². The van der Waals surface area contributed by atoms with Crippen molar-refractivity contribution in [2.75, 3.05) is 0 Å². The first-order valence-electron chi connectivity index (χ1n) is 4.55. The molecule has 1 nitrogen and oxygen atoms in total. The molecule has 0 aromatic rings. The van der Waals surface area contributed by atoms with E-state index >= 15 is 0 Å². The first-order valence-corrected chi connectivity index (χ1v) is 4.55. The number of hydrogen-bond acceptors (Lipinski definition) is 1. The van der Waals surface area contributed by atoms with Gasteiger partial charge in [0.05, 0.1) is 0 Å². The summed E-state index contributed by atoms with van der Waals surface area (Å²) in [6.07, 6.45) is -26.6. The quantitative estimate of drug-likeness (QED) is 0.448.